The van der Waals surface area contributed by atoms with Crippen LogP contribution in [0.3, 0.4) is 0 Å². The molecule has 146 valence electrons. The number of ether oxygens (including phenoxy) is 1. The molecule has 3 heterocycles. The molecular weight excluding hydrogens is 481 g/mol. The lowest BCUT2D eigenvalue weighted by Gasteiger charge is -2.22. The van der Waals surface area contributed by atoms with Crippen LogP contribution in [0.5, 0.6) is 0 Å². The molecule has 3 unspecified atom stereocenters. The zero-order valence-corrected chi connectivity index (χ0v) is 18.1. The lowest BCUT2D eigenvalue weighted by molar-refractivity contribution is 0.0992. The van der Waals surface area contributed by atoms with Crippen molar-refractivity contribution in [3.05, 3.63) is 35.2 Å². The third-order valence-corrected chi connectivity index (χ3v) is 5.07. The first-order valence-corrected chi connectivity index (χ1v) is 9.30. The molecule has 7 nitrogen and oxygen atoms in total. The van der Waals surface area contributed by atoms with Crippen molar-refractivity contribution in [1.82, 2.24) is 20.8 Å². The average Bonchev–Trinajstić information content (AvgIpc) is 3.38. The highest BCUT2D eigenvalue weighted by Crippen LogP contribution is 2.34. The molecule has 0 aliphatic carbocycles. The van der Waals surface area contributed by atoms with Crippen LogP contribution in [0.15, 0.2) is 33.8 Å². The number of rotatable bonds is 5. The van der Waals surface area contributed by atoms with Crippen molar-refractivity contribution in [3.8, 4) is 11.4 Å². The fraction of sp³-hybridized carbons (Fsp3) is 0.500. The highest BCUT2D eigenvalue weighted by Gasteiger charge is 2.41. The van der Waals surface area contributed by atoms with E-state index in [1.165, 1.54) is 6.42 Å². The molecule has 0 spiro atoms. The number of benzene rings is 1. The summed E-state index contributed by atoms with van der Waals surface area (Å²) in [6.45, 7) is 0.651. The molecule has 27 heavy (non-hydrogen) atoms. The minimum Gasteiger partial charge on any atom is -0.373 e. The molecule has 2 aliphatic rings. The Balaban J connectivity index is 0.00000210. The maximum absolute atomic E-state index is 6.00. The van der Waals surface area contributed by atoms with Crippen molar-refractivity contribution in [2.24, 2.45) is 4.99 Å². The third kappa shape index (κ3) is 4.91. The van der Waals surface area contributed by atoms with Gasteiger partial charge in [-0.05, 0) is 31.4 Å². The Kier molecular flexibility index (Phi) is 6.93. The fourth-order valence-electron chi connectivity index (χ4n) is 3.55. The van der Waals surface area contributed by atoms with Gasteiger partial charge in [-0.2, -0.15) is 4.98 Å². The molecule has 2 fully saturated rings. The molecular formula is C18H23ClIN5O2. The predicted molar refractivity (Wildman–Crippen MR) is 115 cm³/mol. The Labute approximate surface area is 180 Å². The maximum atomic E-state index is 6.00. The quantitative estimate of drug-likeness (QED) is 0.371. The van der Waals surface area contributed by atoms with Gasteiger partial charge < -0.3 is 19.9 Å². The third-order valence-electron chi connectivity index (χ3n) is 4.83. The Morgan fingerprint density at radius 2 is 2.26 bits per heavy atom. The second-order valence-electron chi connectivity index (χ2n) is 6.63. The van der Waals surface area contributed by atoms with Crippen molar-refractivity contribution >= 4 is 41.5 Å². The molecule has 1 aromatic heterocycles. The van der Waals surface area contributed by atoms with Gasteiger partial charge in [0.2, 0.25) is 11.7 Å². The molecule has 2 saturated heterocycles. The summed E-state index contributed by atoms with van der Waals surface area (Å²) < 4.78 is 11.2. The average molecular weight is 504 g/mol. The molecule has 0 saturated carbocycles. The van der Waals surface area contributed by atoms with Gasteiger partial charge in [0.25, 0.3) is 0 Å². The first-order chi connectivity index (χ1) is 12.7. The van der Waals surface area contributed by atoms with E-state index in [1.807, 2.05) is 24.3 Å². The second-order valence-corrected chi connectivity index (χ2v) is 7.07. The molecule has 4 rings (SSSR count). The van der Waals surface area contributed by atoms with Crippen LogP contribution in [0.2, 0.25) is 5.02 Å². The molecule has 3 atom stereocenters. The summed E-state index contributed by atoms with van der Waals surface area (Å²) in [4.78, 5) is 8.71. The topological polar surface area (TPSA) is 84.6 Å². The van der Waals surface area contributed by atoms with E-state index in [-0.39, 0.29) is 24.0 Å². The smallest absolute Gasteiger partial charge is 0.228 e. The van der Waals surface area contributed by atoms with Crippen LogP contribution in [0, 0.1) is 0 Å². The van der Waals surface area contributed by atoms with Crippen molar-refractivity contribution < 1.29 is 9.26 Å². The molecule has 9 heteroatoms. The van der Waals surface area contributed by atoms with Crippen molar-refractivity contribution in [3.63, 3.8) is 0 Å². The van der Waals surface area contributed by atoms with Crippen LogP contribution < -0.4 is 10.6 Å². The van der Waals surface area contributed by atoms with E-state index >= 15 is 0 Å². The van der Waals surface area contributed by atoms with E-state index in [4.69, 9.17) is 20.9 Å². The van der Waals surface area contributed by atoms with E-state index < -0.39 is 0 Å². The summed E-state index contributed by atoms with van der Waals surface area (Å²) in [5.41, 5.74) is 0.842. The first kappa shape index (κ1) is 20.3. The molecule has 2 N–H and O–H groups in total. The molecule has 2 aliphatic heterocycles. The van der Waals surface area contributed by atoms with Gasteiger partial charge in [0.05, 0.1) is 18.2 Å². The minimum atomic E-state index is 0. The first-order valence-electron chi connectivity index (χ1n) is 8.92. The highest BCUT2D eigenvalue weighted by molar-refractivity contribution is 14.0. The summed E-state index contributed by atoms with van der Waals surface area (Å²) in [5.74, 6) is 1.90. The highest BCUT2D eigenvalue weighted by atomic mass is 127. The van der Waals surface area contributed by atoms with E-state index in [9.17, 15) is 0 Å². The van der Waals surface area contributed by atoms with Crippen LogP contribution >= 0.6 is 35.6 Å². The van der Waals surface area contributed by atoms with Crippen molar-refractivity contribution in [2.45, 2.75) is 43.9 Å². The number of aliphatic imine (C=N–C) groups is 1. The standard InChI is InChI=1S/C18H22ClN5O2.HI/c1-20-18(22-14-10-13-5-6-15(14)25-13)21-8-7-16-23-17(24-26-16)11-3-2-4-12(19)9-11;/h2-4,9,13-15H,5-8,10H2,1H3,(H2,20,21,22);1H. The van der Waals surface area contributed by atoms with Gasteiger partial charge in [-0.1, -0.05) is 28.9 Å². The number of nitrogens with one attached hydrogen (secondary N) is 2. The number of fused-ring (bicyclic) bond motifs is 2. The Morgan fingerprint density at radius 3 is 2.96 bits per heavy atom. The van der Waals surface area contributed by atoms with Gasteiger partial charge in [0, 0.05) is 30.6 Å². The van der Waals surface area contributed by atoms with Gasteiger partial charge in [-0.3, -0.25) is 4.99 Å². The molecule has 1 aromatic carbocycles. The second kappa shape index (κ2) is 9.20. The number of aromatic nitrogens is 2. The van der Waals surface area contributed by atoms with Crippen LogP contribution in [-0.2, 0) is 11.2 Å². The zero-order valence-electron chi connectivity index (χ0n) is 15.0. The van der Waals surface area contributed by atoms with Crippen molar-refractivity contribution in [1.29, 1.82) is 0 Å². The van der Waals surface area contributed by atoms with Gasteiger partial charge in [0.15, 0.2) is 5.96 Å². The summed E-state index contributed by atoms with van der Waals surface area (Å²) >= 11 is 6.00. The lowest BCUT2D eigenvalue weighted by atomic mass is 9.96. The monoisotopic (exact) mass is 503 g/mol. The molecule has 2 bridgehead atoms. The van der Waals surface area contributed by atoms with Gasteiger partial charge in [-0.25, -0.2) is 0 Å². The van der Waals surface area contributed by atoms with E-state index in [0.717, 1.165) is 24.4 Å². The van der Waals surface area contributed by atoms with E-state index in [0.29, 0.717) is 48.0 Å². The molecule has 0 amide bonds. The fourth-order valence-corrected chi connectivity index (χ4v) is 3.74. The Morgan fingerprint density at radius 1 is 1.37 bits per heavy atom. The van der Waals surface area contributed by atoms with Crippen molar-refractivity contribution in [2.75, 3.05) is 13.6 Å². The summed E-state index contributed by atoms with van der Waals surface area (Å²) in [5, 5.41) is 11.4. The number of nitrogens with zero attached hydrogens (tertiary/aromatic N) is 3. The van der Waals surface area contributed by atoms with E-state index in [2.05, 4.69) is 25.8 Å². The summed E-state index contributed by atoms with van der Waals surface area (Å²) in [7, 11) is 1.77. The van der Waals surface area contributed by atoms with Gasteiger partial charge in [-0.15, -0.1) is 24.0 Å². The molecule has 0 radical (unpaired) electrons. The van der Waals surface area contributed by atoms with Gasteiger partial charge in [0.1, 0.15) is 0 Å². The number of halogens is 2. The Hall–Kier alpha value is -1.39. The number of hydrogen-bond acceptors (Lipinski definition) is 5. The molecule has 2 aromatic rings. The van der Waals surface area contributed by atoms with Crippen LogP contribution in [0.1, 0.15) is 25.2 Å². The van der Waals surface area contributed by atoms with Crippen LogP contribution in [0.25, 0.3) is 11.4 Å². The van der Waals surface area contributed by atoms with Gasteiger partial charge >= 0.3 is 0 Å². The van der Waals surface area contributed by atoms with E-state index in [1.54, 1.807) is 7.05 Å². The number of hydrogen-bond donors (Lipinski definition) is 2. The Bertz CT molecular complexity index is 800. The summed E-state index contributed by atoms with van der Waals surface area (Å²) in [6.07, 6.45) is 4.71. The predicted octanol–water partition coefficient (Wildman–Crippen LogP) is 3.04. The SMILES string of the molecule is CN=C(NCCc1nc(-c2cccc(Cl)c2)no1)NC1CC2CCC1O2.I. The maximum Gasteiger partial charge on any atom is 0.228 e. The zero-order chi connectivity index (χ0) is 17.9. The lowest BCUT2D eigenvalue weighted by Crippen LogP contribution is -2.47. The normalized spacial score (nSPS) is 23.9. The number of guanidine groups is 1. The van der Waals surface area contributed by atoms with Crippen LogP contribution in [-0.4, -0.2) is 47.9 Å². The minimum absolute atomic E-state index is 0. The summed E-state index contributed by atoms with van der Waals surface area (Å²) in [6, 6.07) is 7.75. The van der Waals surface area contributed by atoms with Crippen LogP contribution in [0.4, 0.5) is 0 Å². The largest absolute Gasteiger partial charge is 0.373 e.